The van der Waals surface area contributed by atoms with Gasteiger partial charge >= 0.3 is 0 Å². The lowest BCUT2D eigenvalue weighted by Gasteiger charge is -2.24. The molecule has 0 radical (unpaired) electrons. The molecule has 0 saturated heterocycles. The standard InChI is InChI=1S/C24H24BrFN2O3S2/c1-18-9-11-22(12-10-18)33(30,31)28(21-7-4-6-20(25)15-21)16-24(29)27-13-14-32-17-19-5-2-3-8-23(19)26/h2-12,15H,13-14,16-17H2,1H3,(H,27,29). The van der Waals surface area contributed by atoms with Gasteiger partial charge < -0.3 is 5.32 Å². The Kier molecular flexibility index (Phi) is 8.94. The second-order valence-electron chi connectivity index (χ2n) is 7.30. The number of nitrogens with one attached hydrogen (secondary N) is 1. The van der Waals surface area contributed by atoms with Gasteiger partial charge in [-0.05, 0) is 48.9 Å². The first kappa shape index (κ1) is 25.3. The number of aryl methyl sites for hydroxylation is 1. The van der Waals surface area contributed by atoms with E-state index >= 15 is 0 Å². The van der Waals surface area contributed by atoms with Gasteiger partial charge in [-0.2, -0.15) is 11.8 Å². The first-order valence-electron chi connectivity index (χ1n) is 10.2. The van der Waals surface area contributed by atoms with Gasteiger partial charge in [-0.25, -0.2) is 12.8 Å². The maximum atomic E-state index is 13.7. The van der Waals surface area contributed by atoms with Crippen LogP contribution in [0.1, 0.15) is 11.1 Å². The molecule has 1 amide bonds. The van der Waals surface area contributed by atoms with Gasteiger partial charge in [-0.1, -0.05) is 57.9 Å². The summed E-state index contributed by atoms with van der Waals surface area (Å²) in [5.41, 5.74) is 1.93. The van der Waals surface area contributed by atoms with Crippen molar-refractivity contribution in [3.05, 3.63) is 94.2 Å². The summed E-state index contributed by atoms with van der Waals surface area (Å²) in [6, 6.07) is 19.9. The third-order valence-electron chi connectivity index (χ3n) is 4.78. The number of benzene rings is 3. The first-order chi connectivity index (χ1) is 15.8. The normalized spacial score (nSPS) is 11.2. The van der Waals surface area contributed by atoms with E-state index < -0.39 is 15.9 Å². The van der Waals surface area contributed by atoms with Gasteiger partial charge in [0.1, 0.15) is 12.4 Å². The highest BCUT2D eigenvalue weighted by atomic mass is 79.9. The Balaban J connectivity index is 1.65. The molecule has 0 bridgehead atoms. The van der Waals surface area contributed by atoms with Crippen LogP contribution in [0, 0.1) is 12.7 Å². The minimum atomic E-state index is -3.95. The molecular formula is C24H24BrFN2O3S2. The Morgan fingerprint density at radius 3 is 2.48 bits per heavy atom. The second-order valence-corrected chi connectivity index (χ2v) is 11.2. The van der Waals surface area contributed by atoms with Crippen molar-refractivity contribution in [1.82, 2.24) is 5.32 Å². The molecule has 0 unspecified atom stereocenters. The van der Waals surface area contributed by atoms with Crippen molar-refractivity contribution >= 4 is 49.3 Å². The van der Waals surface area contributed by atoms with Crippen LogP contribution >= 0.6 is 27.7 Å². The maximum Gasteiger partial charge on any atom is 0.264 e. The van der Waals surface area contributed by atoms with Crippen molar-refractivity contribution in [3.63, 3.8) is 0 Å². The topological polar surface area (TPSA) is 66.5 Å². The Hall–Kier alpha value is -2.36. The first-order valence-corrected chi connectivity index (χ1v) is 13.6. The Morgan fingerprint density at radius 2 is 1.79 bits per heavy atom. The second kappa shape index (κ2) is 11.7. The molecule has 9 heteroatoms. The summed E-state index contributed by atoms with van der Waals surface area (Å²) in [5, 5.41) is 2.76. The predicted molar refractivity (Wildman–Crippen MR) is 135 cm³/mol. The highest BCUT2D eigenvalue weighted by Gasteiger charge is 2.27. The van der Waals surface area contributed by atoms with Crippen LogP contribution in [0.5, 0.6) is 0 Å². The number of carbonyl (C=O) groups is 1. The summed E-state index contributed by atoms with van der Waals surface area (Å²) in [7, 11) is -3.95. The van der Waals surface area contributed by atoms with Crippen molar-refractivity contribution in [2.24, 2.45) is 0 Å². The van der Waals surface area contributed by atoms with E-state index in [-0.39, 0.29) is 17.3 Å². The van der Waals surface area contributed by atoms with Crippen LogP contribution < -0.4 is 9.62 Å². The lowest BCUT2D eigenvalue weighted by Crippen LogP contribution is -2.41. The Morgan fingerprint density at radius 1 is 1.06 bits per heavy atom. The van der Waals surface area contributed by atoms with E-state index in [0.29, 0.717) is 33.8 Å². The van der Waals surface area contributed by atoms with Crippen molar-refractivity contribution in [1.29, 1.82) is 0 Å². The Bertz CT molecular complexity index is 1200. The quantitative estimate of drug-likeness (QED) is 0.355. The number of anilines is 1. The van der Waals surface area contributed by atoms with Gasteiger partial charge in [0.05, 0.1) is 10.6 Å². The highest BCUT2D eigenvalue weighted by Crippen LogP contribution is 2.26. The van der Waals surface area contributed by atoms with E-state index in [9.17, 15) is 17.6 Å². The van der Waals surface area contributed by atoms with Crippen molar-refractivity contribution < 1.29 is 17.6 Å². The summed E-state index contributed by atoms with van der Waals surface area (Å²) in [6.07, 6.45) is 0. The van der Waals surface area contributed by atoms with Crippen LogP contribution in [-0.4, -0.2) is 33.2 Å². The molecule has 0 aliphatic rings. The van der Waals surface area contributed by atoms with E-state index in [2.05, 4.69) is 21.2 Å². The lowest BCUT2D eigenvalue weighted by molar-refractivity contribution is -0.119. The van der Waals surface area contributed by atoms with Gasteiger partial charge in [0.15, 0.2) is 0 Å². The molecule has 0 spiro atoms. The summed E-state index contributed by atoms with van der Waals surface area (Å²) in [6.45, 7) is 1.86. The van der Waals surface area contributed by atoms with Gasteiger partial charge in [-0.15, -0.1) is 0 Å². The van der Waals surface area contributed by atoms with Gasteiger partial charge in [-0.3, -0.25) is 9.10 Å². The van der Waals surface area contributed by atoms with Crippen LogP contribution in [0.4, 0.5) is 10.1 Å². The molecule has 3 aromatic rings. The summed E-state index contributed by atoms with van der Waals surface area (Å²) in [5.74, 6) is 0.396. The molecule has 33 heavy (non-hydrogen) atoms. The van der Waals surface area contributed by atoms with E-state index in [1.165, 1.54) is 30.0 Å². The molecule has 3 rings (SSSR count). The number of nitrogens with zero attached hydrogens (tertiary/aromatic N) is 1. The molecule has 1 N–H and O–H groups in total. The number of rotatable bonds is 10. The SMILES string of the molecule is Cc1ccc(S(=O)(=O)N(CC(=O)NCCSCc2ccccc2F)c2cccc(Br)c2)cc1. The number of halogens is 2. The zero-order valence-electron chi connectivity index (χ0n) is 18.0. The van der Waals surface area contributed by atoms with Gasteiger partial charge in [0.25, 0.3) is 10.0 Å². The summed E-state index contributed by atoms with van der Waals surface area (Å²) >= 11 is 4.85. The zero-order valence-corrected chi connectivity index (χ0v) is 21.2. The molecule has 0 aliphatic heterocycles. The molecule has 0 heterocycles. The van der Waals surface area contributed by atoms with Crippen molar-refractivity contribution in [3.8, 4) is 0 Å². The molecule has 3 aromatic carbocycles. The van der Waals surface area contributed by atoms with E-state index in [0.717, 1.165) is 9.87 Å². The number of hydrogen-bond acceptors (Lipinski definition) is 4. The van der Waals surface area contributed by atoms with E-state index in [1.807, 2.05) is 6.92 Å². The molecule has 5 nitrogen and oxygen atoms in total. The fourth-order valence-corrected chi connectivity index (χ4v) is 5.68. The molecule has 0 saturated carbocycles. The average molecular weight is 552 g/mol. The van der Waals surface area contributed by atoms with Crippen LogP contribution in [0.2, 0.25) is 0 Å². The summed E-state index contributed by atoms with van der Waals surface area (Å²) < 4.78 is 42.2. The highest BCUT2D eigenvalue weighted by molar-refractivity contribution is 9.10. The Labute approximate surface area is 206 Å². The van der Waals surface area contributed by atoms with E-state index in [4.69, 9.17) is 0 Å². The minimum Gasteiger partial charge on any atom is -0.354 e. The molecular weight excluding hydrogens is 527 g/mol. The predicted octanol–water partition coefficient (Wildman–Crippen LogP) is 5.14. The molecule has 174 valence electrons. The molecule has 0 aliphatic carbocycles. The van der Waals surface area contributed by atoms with Crippen LogP contribution in [0.15, 0.2) is 82.2 Å². The summed E-state index contributed by atoms with van der Waals surface area (Å²) in [4.78, 5) is 12.7. The van der Waals surface area contributed by atoms with Crippen LogP contribution in [0.3, 0.4) is 0 Å². The fraction of sp³-hybridized carbons (Fsp3) is 0.208. The smallest absolute Gasteiger partial charge is 0.264 e. The maximum absolute atomic E-state index is 13.7. The molecule has 0 atom stereocenters. The van der Waals surface area contributed by atoms with E-state index in [1.54, 1.807) is 54.6 Å². The zero-order chi connectivity index (χ0) is 23.8. The number of hydrogen-bond donors (Lipinski definition) is 1. The monoisotopic (exact) mass is 550 g/mol. The lowest BCUT2D eigenvalue weighted by atomic mass is 10.2. The number of carbonyl (C=O) groups excluding carboxylic acids is 1. The fourth-order valence-electron chi connectivity index (χ4n) is 3.03. The van der Waals surface area contributed by atoms with Crippen molar-refractivity contribution in [2.75, 3.05) is 23.1 Å². The third-order valence-corrected chi connectivity index (χ3v) is 8.07. The van der Waals surface area contributed by atoms with Gasteiger partial charge in [0.2, 0.25) is 5.91 Å². The average Bonchev–Trinajstić information content (AvgIpc) is 2.78. The molecule has 0 aromatic heterocycles. The molecule has 0 fully saturated rings. The largest absolute Gasteiger partial charge is 0.354 e. The number of thioether (sulfide) groups is 1. The minimum absolute atomic E-state index is 0.112. The van der Waals surface area contributed by atoms with Crippen molar-refractivity contribution in [2.45, 2.75) is 17.6 Å². The third kappa shape index (κ3) is 7.06. The number of amides is 1. The number of sulfonamides is 1. The van der Waals surface area contributed by atoms with Crippen LogP contribution in [-0.2, 0) is 20.6 Å². The van der Waals surface area contributed by atoms with Crippen LogP contribution in [0.25, 0.3) is 0 Å². The van der Waals surface area contributed by atoms with Gasteiger partial charge in [0, 0.05) is 22.5 Å².